The molecule has 0 spiro atoms. The summed E-state index contributed by atoms with van der Waals surface area (Å²) in [5.74, 6) is -1.31. The number of carbonyl (C=O) groups is 3. The summed E-state index contributed by atoms with van der Waals surface area (Å²) in [5, 5.41) is 0. The lowest BCUT2D eigenvalue weighted by atomic mass is 9.94. The molecule has 160 valence electrons. The molecule has 1 aliphatic carbocycles. The van der Waals surface area contributed by atoms with Crippen molar-refractivity contribution in [2.75, 3.05) is 13.6 Å². The zero-order valence-corrected chi connectivity index (χ0v) is 17.9. The predicted octanol–water partition coefficient (Wildman–Crippen LogP) is 1.23. The Morgan fingerprint density at radius 1 is 1.10 bits per heavy atom. The maximum atomic E-state index is 12.5. The number of nitrogens with one attached hydrogen (secondary N) is 3. The molecule has 0 aliphatic heterocycles. The van der Waals surface area contributed by atoms with E-state index in [-0.39, 0.29) is 16.4 Å². The van der Waals surface area contributed by atoms with Crippen LogP contribution in [0, 0.1) is 13.8 Å². The molecule has 1 aliphatic rings. The molecule has 0 fully saturated rings. The summed E-state index contributed by atoms with van der Waals surface area (Å²) < 4.78 is 26.0. The molecule has 2 aromatic rings. The van der Waals surface area contributed by atoms with Gasteiger partial charge in [-0.1, -0.05) is 17.7 Å². The van der Waals surface area contributed by atoms with Gasteiger partial charge < -0.3 is 4.98 Å². The van der Waals surface area contributed by atoms with Gasteiger partial charge in [0.2, 0.25) is 10.0 Å². The molecule has 30 heavy (non-hydrogen) atoms. The Balaban J connectivity index is 1.61. The summed E-state index contributed by atoms with van der Waals surface area (Å²) in [6, 6.07) is 6.28. The van der Waals surface area contributed by atoms with Crippen molar-refractivity contribution >= 4 is 27.6 Å². The Morgan fingerprint density at radius 3 is 2.40 bits per heavy atom. The van der Waals surface area contributed by atoms with Gasteiger partial charge in [-0.2, -0.15) is 4.31 Å². The monoisotopic (exact) mass is 432 g/mol. The minimum absolute atomic E-state index is 0.00368. The van der Waals surface area contributed by atoms with E-state index in [9.17, 15) is 22.8 Å². The van der Waals surface area contributed by atoms with Gasteiger partial charge in [0.25, 0.3) is 11.8 Å². The van der Waals surface area contributed by atoms with Crippen molar-refractivity contribution in [1.29, 1.82) is 0 Å². The van der Waals surface area contributed by atoms with E-state index in [2.05, 4.69) is 15.8 Å². The van der Waals surface area contributed by atoms with Gasteiger partial charge in [-0.15, -0.1) is 0 Å². The number of amides is 2. The van der Waals surface area contributed by atoms with Crippen molar-refractivity contribution in [3.8, 4) is 0 Å². The van der Waals surface area contributed by atoms with Crippen LogP contribution in [0.1, 0.15) is 50.5 Å². The van der Waals surface area contributed by atoms with Crippen molar-refractivity contribution in [3.63, 3.8) is 0 Å². The number of Topliss-reactive ketones (excluding diaryl/α,β-unsaturated/α-hetero) is 1. The summed E-state index contributed by atoms with van der Waals surface area (Å²) in [7, 11) is -2.56. The van der Waals surface area contributed by atoms with Gasteiger partial charge in [0, 0.05) is 24.7 Å². The Labute approximate surface area is 174 Å². The highest BCUT2D eigenvalue weighted by Crippen LogP contribution is 2.26. The van der Waals surface area contributed by atoms with Gasteiger partial charge in [0.1, 0.15) is 5.69 Å². The number of aromatic amines is 1. The Morgan fingerprint density at radius 2 is 1.77 bits per heavy atom. The van der Waals surface area contributed by atoms with Gasteiger partial charge in [-0.3, -0.25) is 25.2 Å². The summed E-state index contributed by atoms with van der Waals surface area (Å²) in [6.07, 6.45) is 1.86. The smallest absolute Gasteiger partial charge is 0.286 e. The average molecular weight is 433 g/mol. The SMILES string of the molecule is Cc1ccc(S(=O)(=O)N(C)CC(=O)NNC(=O)c2[nH]c3c(c2C)C(=O)CCC3)cc1. The van der Waals surface area contributed by atoms with Crippen LogP contribution in [0.2, 0.25) is 0 Å². The summed E-state index contributed by atoms with van der Waals surface area (Å²) in [4.78, 5) is 39.7. The van der Waals surface area contributed by atoms with E-state index < -0.39 is 28.4 Å². The van der Waals surface area contributed by atoms with Crippen molar-refractivity contribution in [3.05, 3.63) is 52.3 Å². The van der Waals surface area contributed by atoms with E-state index in [1.165, 1.54) is 19.2 Å². The van der Waals surface area contributed by atoms with Gasteiger partial charge in [0.05, 0.1) is 11.4 Å². The highest BCUT2D eigenvalue weighted by atomic mass is 32.2. The number of sulfonamides is 1. The third-order valence-electron chi connectivity index (χ3n) is 5.08. The standard InChI is InChI=1S/C20H24N4O5S/c1-12-7-9-14(10-8-12)30(28,29)24(3)11-17(26)22-23-20(27)19-13(2)18-15(21-19)5-4-6-16(18)25/h7-10,21H,4-6,11H2,1-3H3,(H,22,26)(H,23,27). The third kappa shape index (κ3) is 4.29. The summed E-state index contributed by atoms with van der Waals surface area (Å²) in [6.45, 7) is 3.04. The molecule has 9 nitrogen and oxygen atoms in total. The minimum atomic E-state index is -3.84. The summed E-state index contributed by atoms with van der Waals surface area (Å²) in [5.41, 5.74) is 7.41. The first-order valence-corrected chi connectivity index (χ1v) is 10.9. The van der Waals surface area contributed by atoms with Gasteiger partial charge in [0.15, 0.2) is 5.78 Å². The molecule has 3 N–H and O–H groups in total. The lowest BCUT2D eigenvalue weighted by Gasteiger charge is -2.17. The molecule has 0 saturated carbocycles. The Kier molecular flexibility index (Phi) is 6.09. The first-order chi connectivity index (χ1) is 14.1. The number of hydrogen-bond donors (Lipinski definition) is 3. The highest BCUT2D eigenvalue weighted by molar-refractivity contribution is 7.89. The van der Waals surface area contributed by atoms with Crippen LogP contribution in [-0.4, -0.2) is 48.9 Å². The fourth-order valence-corrected chi connectivity index (χ4v) is 4.53. The average Bonchev–Trinajstić information content (AvgIpc) is 3.04. The highest BCUT2D eigenvalue weighted by Gasteiger charge is 2.27. The van der Waals surface area contributed by atoms with Crippen LogP contribution in [0.15, 0.2) is 29.2 Å². The van der Waals surface area contributed by atoms with E-state index in [1.807, 2.05) is 6.92 Å². The normalized spacial score (nSPS) is 13.8. The number of rotatable bonds is 5. The van der Waals surface area contributed by atoms with Crippen molar-refractivity contribution in [2.45, 2.75) is 38.0 Å². The molecule has 0 saturated heterocycles. The molecule has 3 rings (SSSR count). The van der Waals surface area contributed by atoms with Crippen LogP contribution in [0.4, 0.5) is 0 Å². The minimum Gasteiger partial charge on any atom is -0.354 e. The second-order valence-electron chi connectivity index (χ2n) is 7.33. The number of benzene rings is 1. The number of hydrazine groups is 1. The van der Waals surface area contributed by atoms with Gasteiger partial charge in [-0.05, 0) is 44.4 Å². The van der Waals surface area contributed by atoms with Crippen molar-refractivity contribution in [2.24, 2.45) is 0 Å². The predicted molar refractivity (Wildman–Crippen MR) is 109 cm³/mol. The number of H-pyrrole nitrogens is 1. The number of likely N-dealkylation sites (N-methyl/N-ethyl adjacent to an activating group) is 1. The number of carbonyl (C=O) groups excluding carboxylic acids is 3. The molecule has 2 amide bonds. The third-order valence-corrected chi connectivity index (χ3v) is 6.89. The maximum absolute atomic E-state index is 12.5. The first kappa shape index (κ1) is 21.7. The van der Waals surface area contributed by atoms with Crippen molar-refractivity contribution in [1.82, 2.24) is 20.1 Å². The topological polar surface area (TPSA) is 128 Å². The van der Waals surface area contributed by atoms with Crippen molar-refractivity contribution < 1.29 is 22.8 Å². The zero-order valence-electron chi connectivity index (χ0n) is 17.0. The molecule has 0 radical (unpaired) electrons. The molecule has 0 atom stereocenters. The Hall–Kier alpha value is -2.98. The molecule has 0 bridgehead atoms. The number of hydrogen-bond acceptors (Lipinski definition) is 5. The van der Waals surface area contributed by atoms with E-state index in [0.717, 1.165) is 22.0 Å². The lowest BCUT2D eigenvalue weighted by Crippen LogP contribution is -2.47. The van der Waals surface area contributed by atoms with E-state index in [1.54, 1.807) is 19.1 Å². The number of aromatic nitrogens is 1. The largest absolute Gasteiger partial charge is 0.354 e. The quantitative estimate of drug-likeness (QED) is 0.612. The molecule has 0 unspecified atom stereocenters. The number of ketones is 1. The van der Waals surface area contributed by atoms with Gasteiger partial charge in [-0.25, -0.2) is 8.42 Å². The number of aryl methyl sites for hydroxylation is 2. The lowest BCUT2D eigenvalue weighted by molar-refractivity contribution is -0.121. The van der Waals surface area contributed by atoms with E-state index >= 15 is 0 Å². The zero-order chi connectivity index (χ0) is 22.1. The van der Waals surface area contributed by atoms with Crippen LogP contribution in [0.5, 0.6) is 0 Å². The van der Waals surface area contributed by atoms with E-state index in [4.69, 9.17) is 0 Å². The van der Waals surface area contributed by atoms with Crippen LogP contribution >= 0.6 is 0 Å². The van der Waals surface area contributed by atoms with E-state index in [0.29, 0.717) is 24.0 Å². The first-order valence-electron chi connectivity index (χ1n) is 9.48. The van der Waals surface area contributed by atoms with Crippen LogP contribution in [0.3, 0.4) is 0 Å². The number of fused-ring (bicyclic) bond motifs is 1. The molecule has 1 heterocycles. The molecule has 1 aromatic carbocycles. The molecular weight excluding hydrogens is 408 g/mol. The molecule has 1 aromatic heterocycles. The molecular formula is C20H24N4O5S. The number of nitrogens with zero attached hydrogens (tertiary/aromatic N) is 1. The second-order valence-corrected chi connectivity index (χ2v) is 9.38. The fourth-order valence-electron chi connectivity index (χ4n) is 3.41. The maximum Gasteiger partial charge on any atom is 0.286 e. The van der Waals surface area contributed by atoms with Crippen LogP contribution in [0.25, 0.3) is 0 Å². The summed E-state index contributed by atoms with van der Waals surface area (Å²) >= 11 is 0. The van der Waals surface area contributed by atoms with Gasteiger partial charge >= 0.3 is 0 Å². The van der Waals surface area contributed by atoms with Crippen LogP contribution < -0.4 is 10.9 Å². The fraction of sp³-hybridized carbons (Fsp3) is 0.350. The Bertz CT molecular complexity index is 1100. The van der Waals surface area contributed by atoms with Crippen LogP contribution in [-0.2, 0) is 21.2 Å². The second kappa shape index (κ2) is 8.41. The molecule has 10 heteroatoms.